The van der Waals surface area contributed by atoms with Crippen LogP contribution in [0.5, 0.6) is 0 Å². The van der Waals surface area contributed by atoms with Gasteiger partial charge in [0.15, 0.2) is 5.96 Å². The van der Waals surface area contributed by atoms with Gasteiger partial charge in [-0.3, -0.25) is 4.99 Å². The molecule has 4 unspecified atom stereocenters. The first-order valence-corrected chi connectivity index (χ1v) is 8.94. The predicted octanol–water partition coefficient (Wildman–Crippen LogP) is 2.90. The van der Waals surface area contributed by atoms with Crippen molar-refractivity contribution in [2.45, 2.75) is 51.4 Å². The van der Waals surface area contributed by atoms with E-state index < -0.39 is 0 Å². The molecule has 4 rings (SSSR count). The molecule has 0 amide bonds. The van der Waals surface area contributed by atoms with Gasteiger partial charge in [0.25, 0.3) is 0 Å². The zero-order valence-electron chi connectivity index (χ0n) is 14.5. The first-order chi connectivity index (χ1) is 11.2. The lowest BCUT2D eigenvalue weighted by Crippen LogP contribution is -2.44. The van der Waals surface area contributed by atoms with Gasteiger partial charge in [-0.1, -0.05) is 0 Å². The Bertz CT molecular complexity index is 543. The van der Waals surface area contributed by atoms with Crippen LogP contribution in [0.25, 0.3) is 0 Å². The highest BCUT2D eigenvalue weighted by Gasteiger charge is 2.53. The number of hydrogen-bond acceptors (Lipinski definition) is 3. The van der Waals surface area contributed by atoms with E-state index in [9.17, 15) is 0 Å². The number of likely N-dealkylation sites (tertiary alicyclic amines) is 1. The van der Waals surface area contributed by atoms with Crippen molar-refractivity contribution < 1.29 is 9.15 Å². The van der Waals surface area contributed by atoms with Gasteiger partial charge < -0.3 is 19.4 Å². The van der Waals surface area contributed by atoms with E-state index in [0.29, 0.717) is 30.1 Å². The van der Waals surface area contributed by atoms with Crippen molar-refractivity contribution >= 4 is 29.9 Å². The third-order valence-corrected chi connectivity index (χ3v) is 5.37. The molecule has 4 atom stereocenters. The first kappa shape index (κ1) is 18.0. The van der Waals surface area contributed by atoms with Crippen LogP contribution in [0.15, 0.2) is 27.8 Å². The van der Waals surface area contributed by atoms with Crippen molar-refractivity contribution in [3.63, 3.8) is 0 Å². The number of nitrogens with zero attached hydrogens (tertiary/aromatic N) is 2. The molecule has 0 saturated carbocycles. The van der Waals surface area contributed by atoms with Gasteiger partial charge in [0, 0.05) is 43.9 Å². The molecule has 4 heterocycles. The Hall–Kier alpha value is -0.760. The van der Waals surface area contributed by atoms with E-state index in [4.69, 9.17) is 14.1 Å². The van der Waals surface area contributed by atoms with Gasteiger partial charge in [-0.15, -0.1) is 24.0 Å². The van der Waals surface area contributed by atoms with Gasteiger partial charge in [-0.05, 0) is 38.8 Å². The summed E-state index contributed by atoms with van der Waals surface area (Å²) < 4.78 is 11.5. The summed E-state index contributed by atoms with van der Waals surface area (Å²) in [5.41, 5.74) is 0. The van der Waals surface area contributed by atoms with Crippen LogP contribution in [0.2, 0.25) is 0 Å². The van der Waals surface area contributed by atoms with Crippen molar-refractivity contribution in [2.75, 3.05) is 19.6 Å². The van der Waals surface area contributed by atoms with Gasteiger partial charge >= 0.3 is 0 Å². The normalized spacial score (nSPS) is 31.5. The number of guanidine groups is 1. The topological polar surface area (TPSA) is 50.0 Å². The molecule has 3 saturated heterocycles. The summed E-state index contributed by atoms with van der Waals surface area (Å²) in [6, 6.07) is 4.34. The fourth-order valence-electron chi connectivity index (χ4n) is 4.35. The molecule has 0 aliphatic carbocycles. The Morgan fingerprint density at radius 2 is 2.00 bits per heavy atom. The zero-order valence-corrected chi connectivity index (χ0v) is 16.8. The number of nitrogens with one attached hydrogen (secondary N) is 1. The molecule has 1 aromatic heterocycles. The van der Waals surface area contributed by atoms with Crippen molar-refractivity contribution in [2.24, 2.45) is 16.8 Å². The molecule has 1 N–H and O–H groups in total. The number of aliphatic imine (C=N–C) groups is 1. The SMILES string of the molecule is CC(C)NC(=NCCc1ccco1)N1CC2C3CCC(O3)C2C1.I. The molecular formula is C18H28IN3O2. The van der Waals surface area contributed by atoms with Gasteiger partial charge in [0.1, 0.15) is 5.76 Å². The molecule has 3 aliphatic heterocycles. The minimum atomic E-state index is 0. The van der Waals surface area contributed by atoms with Crippen LogP contribution in [0, 0.1) is 11.8 Å². The van der Waals surface area contributed by atoms with E-state index in [1.807, 2.05) is 12.1 Å². The van der Waals surface area contributed by atoms with Crippen molar-refractivity contribution in [3.8, 4) is 0 Å². The molecule has 1 aromatic rings. The second kappa shape index (κ2) is 7.64. The Balaban J connectivity index is 0.00000169. The van der Waals surface area contributed by atoms with Crippen molar-refractivity contribution in [1.29, 1.82) is 0 Å². The number of hydrogen-bond donors (Lipinski definition) is 1. The highest BCUT2D eigenvalue weighted by molar-refractivity contribution is 14.0. The third-order valence-electron chi connectivity index (χ3n) is 5.37. The molecule has 6 heteroatoms. The maximum Gasteiger partial charge on any atom is 0.194 e. The number of furan rings is 1. The molecule has 3 aliphatic rings. The Kier molecular flexibility index (Phi) is 5.74. The fraction of sp³-hybridized carbons (Fsp3) is 0.722. The molecule has 0 aromatic carbocycles. The number of halogens is 1. The maximum atomic E-state index is 6.08. The summed E-state index contributed by atoms with van der Waals surface area (Å²) in [5.74, 6) is 3.47. The minimum absolute atomic E-state index is 0. The van der Waals surface area contributed by atoms with E-state index in [1.165, 1.54) is 12.8 Å². The van der Waals surface area contributed by atoms with Crippen LogP contribution in [0.1, 0.15) is 32.4 Å². The molecule has 3 fully saturated rings. The molecule has 24 heavy (non-hydrogen) atoms. The second-order valence-corrected chi connectivity index (χ2v) is 7.36. The van der Waals surface area contributed by atoms with Gasteiger partial charge in [0.2, 0.25) is 0 Å². The summed E-state index contributed by atoms with van der Waals surface area (Å²) in [6.45, 7) is 7.28. The summed E-state index contributed by atoms with van der Waals surface area (Å²) in [4.78, 5) is 7.30. The van der Waals surface area contributed by atoms with Crippen molar-refractivity contribution in [3.05, 3.63) is 24.2 Å². The van der Waals surface area contributed by atoms with Crippen LogP contribution >= 0.6 is 24.0 Å². The van der Waals surface area contributed by atoms with E-state index in [0.717, 1.165) is 37.8 Å². The van der Waals surface area contributed by atoms with E-state index in [1.54, 1.807) is 6.26 Å². The monoisotopic (exact) mass is 445 g/mol. The summed E-state index contributed by atoms with van der Waals surface area (Å²) >= 11 is 0. The predicted molar refractivity (Wildman–Crippen MR) is 105 cm³/mol. The Morgan fingerprint density at radius 3 is 2.58 bits per heavy atom. The van der Waals surface area contributed by atoms with E-state index in [2.05, 4.69) is 24.1 Å². The number of ether oxygens (including phenoxy) is 1. The smallest absolute Gasteiger partial charge is 0.194 e. The van der Waals surface area contributed by atoms with E-state index >= 15 is 0 Å². The minimum Gasteiger partial charge on any atom is -0.469 e. The highest BCUT2D eigenvalue weighted by atomic mass is 127. The van der Waals surface area contributed by atoms with Crippen molar-refractivity contribution in [1.82, 2.24) is 10.2 Å². The lowest BCUT2D eigenvalue weighted by atomic mass is 9.82. The van der Waals surface area contributed by atoms with Crippen LogP contribution in [0.3, 0.4) is 0 Å². The summed E-state index contributed by atoms with van der Waals surface area (Å²) in [7, 11) is 0. The third kappa shape index (κ3) is 3.59. The van der Waals surface area contributed by atoms with Gasteiger partial charge in [-0.25, -0.2) is 0 Å². The molecule has 0 spiro atoms. The van der Waals surface area contributed by atoms with E-state index in [-0.39, 0.29) is 24.0 Å². The molecule has 2 bridgehead atoms. The van der Waals surface area contributed by atoms with Gasteiger partial charge in [0.05, 0.1) is 18.5 Å². The van der Waals surface area contributed by atoms with Crippen LogP contribution < -0.4 is 5.32 Å². The molecule has 134 valence electrons. The highest BCUT2D eigenvalue weighted by Crippen LogP contribution is 2.47. The lowest BCUT2D eigenvalue weighted by Gasteiger charge is -2.25. The second-order valence-electron chi connectivity index (χ2n) is 7.36. The number of fused-ring (bicyclic) bond motifs is 5. The Morgan fingerprint density at radius 1 is 1.29 bits per heavy atom. The fourth-order valence-corrected chi connectivity index (χ4v) is 4.35. The zero-order chi connectivity index (χ0) is 15.8. The van der Waals surface area contributed by atoms with Crippen LogP contribution in [-0.4, -0.2) is 48.7 Å². The van der Waals surface area contributed by atoms with Crippen LogP contribution in [0.4, 0.5) is 0 Å². The molecular weight excluding hydrogens is 417 g/mol. The average molecular weight is 445 g/mol. The number of rotatable bonds is 4. The van der Waals surface area contributed by atoms with Gasteiger partial charge in [-0.2, -0.15) is 0 Å². The van der Waals surface area contributed by atoms with Crippen LogP contribution in [-0.2, 0) is 11.2 Å². The largest absolute Gasteiger partial charge is 0.469 e. The molecule has 0 radical (unpaired) electrons. The summed E-state index contributed by atoms with van der Waals surface area (Å²) in [5, 5.41) is 3.55. The first-order valence-electron chi connectivity index (χ1n) is 8.94. The molecule has 5 nitrogen and oxygen atoms in total. The Labute approximate surface area is 161 Å². The standard InChI is InChI=1S/C18H27N3O2.HI/c1-12(2)20-18(19-8-7-13-4-3-9-22-13)21-10-14-15(11-21)17-6-5-16(14)23-17;/h3-4,9,12,14-17H,5-8,10-11H2,1-2H3,(H,19,20);1H. The maximum absolute atomic E-state index is 6.08. The quantitative estimate of drug-likeness (QED) is 0.440. The summed E-state index contributed by atoms with van der Waals surface area (Å²) in [6.07, 6.45) is 6.08. The lowest BCUT2D eigenvalue weighted by molar-refractivity contribution is 0.0766. The average Bonchev–Trinajstić information content (AvgIpc) is 3.27.